The molecule has 0 saturated heterocycles. The lowest BCUT2D eigenvalue weighted by Crippen LogP contribution is -2.23. The van der Waals surface area contributed by atoms with E-state index >= 15 is 0 Å². The molecule has 0 radical (unpaired) electrons. The van der Waals surface area contributed by atoms with Crippen molar-refractivity contribution in [3.05, 3.63) is 23.8 Å². The molecule has 1 aromatic rings. The van der Waals surface area contributed by atoms with Gasteiger partial charge in [-0.15, -0.1) is 0 Å². The highest BCUT2D eigenvalue weighted by atomic mass is 16.5. The Morgan fingerprint density at radius 1 is 1.47 bits per heavy atom. The molecule has 1 unspecified atom stereocenters. The second kappa shape index (κ2) is 5.58. The molecular formula is C11H17NO3. The minimum atomic E-state index is -0.391. The molecule has 0 saturated carbocycles. The molecule has 0 fully saturated rings. The van der Waals surface area contributed by atoms with Crippen molar-refractivity contribution >= 4 is 0 Å². The van der Waals surface area contributed by atoms with Crippen LogP contribution in [-0.4, -0.2) is 30.0 Å². The largest absolute Gasteiger partial charge is 0.504 e. The predicted octanol–water partition coefficient (Wildman–Crippen LogP) is 0.871. The van der Waals surface area contributed by atoms with Crippen LogP contribution in [0.15, 0.2) is 18.2 Å². The average molecular weight is 211 g/mol. The van der Waals surface area contributed by atoms with Crippen molar-refractivity contribution in [1.82, 2.24) is 5.32 Å². The molecule has 0 bridgehead atoms. The third-order valence-corrected chi connectivity index (χ3v) is 2.06. The minimum Gasteiger partial charge on any atom is -0.504 e. The number of rotatable bonds is 5. The van der Waals surface area contributed by atoms with Gasteiger partial charge in [0.05, 0.1) is 13.2 Å². The summed E-state index contributed by atoms with van der Waals surface area (Å²) in [6.07, 6.45) is -0.391. The molecule has 15 heavy (non-hydrogen) atoms. The summed E-state index contributed by atoms with van der Waals surface area (Å²) >= 11 is 0. The van der Waals surface area contributed by atoms with Crippen molar-refractivity contribution in [2.75, 3.05) is 13.7 Å². The first-order valence-electron chi connectivity index (χ1n) is 4.88. The summed E-state index contributed by atoms with van der Waals surface area (Å²) in [6.45, 7) is 2.71. The van der Waals surface area contributed by atoms with Gasteiger partial charge in [-0.1, -0.05) is 12.1 Å². The van der Waals surface area contributed by atoms with E-state index in [1.165, 1.54) is 7.11 Å². The van der Waals surface area contributed by atoms with Gasteiger partial charge in [0.1, 0.15) is 0 Å². The van der Waals surface area contributed by atoms with Crippen molar-refractivity contribution in [2.45, 2.75) is 19.6 Å². The molecule has 0 aliphatic heterocycles. The molecule has 0 aromatic heterocycles. The molecule has 84 valence electrons. The van der Waals surface area contributed by atoms with E-state index in [1.54, 1.807) is 13.0 Å². The topological polar surface area (TPSA) is 61.7 Å². The number of ether oxygens (including phenoxy) is 1. The maximum absolute atomic E-state index is 9.73. The molecule has 4 nitrogen and oxygen atoms in total. The standard InChI is InChI=1S/C11H17NO3/c1-8(13)6-12-7-9-4-3-5-10(15-2)11(9)14/h3-5,8,12-14H,6-7H2,1-2H3. The highest BCUT2D eigenvalue weighted by Gasteiger charge is 2.06. The summed E-state index contributed by atoms with van der Waals surface area (Å²) in [7, 11) is 1.52. The number of phenols is 1. The number of phenolic OH excluding ortho intramolecular Hbond substituents is 1. The molecule has 4 heteroatoms. The van der Waals surface area contributed by atoms with Crippen LogP contribution in [-0.2, 0) is 6.54 Å². The molecule has 1 aromatic carbocycles. The fraction of sp³-hybridized carbons (Fsp3) is 0.455. The van der Waals surface area contributed by atoms with E-state index in [0.29, 0.717) is 18.8 Å². The Morgan fingerprint density at radius 2 is 2.20 bits per heavy atom. The first-order valence-corrected chi connectivity index (χ1v) is 4.88. The molecule has 0 spiro atoms. The number of benzene rings is 1. The number of hydrogen-bond donors (Lipinski definition) is 3. The highest BCUT2D eigenvalue weighted by Crippen LogP contribution is 2.28. The van der Waals surface area contributed by atoms with E-state index in [0.717, 1.165) is 5.56 Å². The number of aliphatic hydroxyl groups is 1. The maximum atomic E-state index is 9.73. The lowest BCUT2D eigenvalue weighted by Gasteiger charge is -2.10. The number of aromatic hydroxyl groups is 1. The Morgan fingerprint density at radius 3 is 2.80 bits per heavy atom. The Kier molecular flexibility index (Phi) is 4.39. The summed E-state index contributed by atoms with van der Waals surface area (Å²) in [4.78, 5) is 0. The molecule has 0 aliphatic carbocycles. The summed E-state index contributed by atoms with van der Waals surface area (Å²) in [5, 5.41) is 21.8. The van der Waals surface area contributed by atoms with Gasteiger partial charge in [0, 0.05) is 18.7 Å². The van der Waals surface area contributed by atoms with Crippen LogP contribution in [0, 0.1) is 0 Å². The van der Waals surface area contributed by atoms with E-state index in [1.807, 2.05) is 12.1 Å². The van der Waals surface area contributed by atoms with E-state index < -0.39 is 6.10 Å². The van der Waals surface area contributed by atoms with Crippen LogP contribution in [0.1, 0.15) is 12.5 Å². The second-order valence-corrected chi connectivity index (χ2v) is 3.45. The summed E-state index contributed by atoms with van der Waals surface area (Å²) in [5.74, 6) is 0.615. The van der Waals surface area contributed by atoms with Crippen LogP contribution in [0.25, 0.3) is 0 Å². The quantitative estimate of drug-likeness (QED) is 0.676. The fourth-order valence-corrected chi connectivity index (χ4v) is 1.29. The van der Waals surface area contributed by atoms with Gasteiger partial charge in [0.15, 0.2) is 11.5 Å². The molecule has 1 atom stereocenters. The smallest absolute Gasteiger partial charge is 0.162 e. The van der Waals surface area contributed by atoms with E-state index in [4.69, 9.17) is 9.84 Å². The van der Waals surface area contributed by atoms with Gasteiger partial charge in [-0.25, -0.2) is 0 Å². The molecular weight excluding hydrogens is 194 g/mol. The molecule has 0 aliphatic rings. The van der Waals surface area contributed by atoms with Gasteiger partial charge >= 0.3 is 0 Å². The summed E-state index contributed by atoms with van der Waals surface area (Å²) in [5.41, 5.74) is 0.759. The Labute approximate surface area is 89.5 Å². The molecule has 1 rings (SSSR count). The van der Waals surface area contributed by atoms with Gasteiger partial charge in [-0.3, -0.25) is 0 Å². The number of hydrogen-bond acceptors (Lipinski definition) is 4. The zero-order chi connectivity index (χ0) is 11.3. The van der Waals surface area contributed by atoms with E-state index in [-0.39, 0.29) is 5.75 Å². The zero-order valence-corrected chi connectivity index (χ0v) is 9.03. The maximum Gasteiger partial charge on any atom is 0.162 e. The Hall–Kier alpha value is -1.26. The van der Waals surface area contributed by atoms with Crippen LogP contribution in [0.3, 0.4) is 0 Å². The van der Waals surface area contributed by atoms with Gasteiger partial charge in [-0.2, -0.15) is 0 Å². The Balaban J connectivity index is 2.61. The number of methoxy groups -OCH3 is 1. The van der Waals surface area contributed by atoms with Gasteiger partial charge in [0.25, 0.3) is 0 Å². The SMILES string of the molecule is COc1cccc(CNCC(C)O)c1O. The third kappa shape index (κ3) is 3.42. The first-order chi connectivity index (χ1) is 7.15. The lowest BCUT2D eigenvalue weighted by molar-refractivity contribution is 0.191. The van der Waals surface area contributed by atoms with Crippen LogP contribution >= 0.6 is 0 Å². The third-order valence-electron chi connectivity index (χ3n) is 2.06. The predicted molar refractivity (Wildman–Crippen MR) is 58.0 cm³/mol. The second-order valence-electron chi connectivity index (χ2n) is 3.45. The first kappa shape index (κ1) is 11.8. The fourth-order valence-electron chi connectivity index (χ4n) is 1.29. The number of aliphatic hydroxyl groups excluding tert-OH is 1. The zero-order valence-electron chi connectivity index (χ0n) is 9.03. The van der Waals surface area contributed by atoms with Crippen molar-refractivity contribution in [3.8, 4) is 11.5 Å². The lowest BCUT2D eigenvalue weighted by atomic mass is 10.2. The number of nitrogens with one attached hydrogen (secondary N) is 1. The van der Waals surface area contributed by atoms with Gasteiger partial charge in [-0.05, 0) is 13.0 Å². The average Bonchev–Trinajstić information content (AvgIpc) is 2.20. The van der Waals surface area contributed by atoms with Crippen molar-refractivity contribution in [2.24, 2.45) is 0 Å². The normalized spacial score (nSPS) is 12.5. The Bertz CT molecular complexity index is 313. The van der Waals surface area contributed by atoms with Crippen LogP contribution in [0.4, 0.5) is 0 Å². The minimum absolute atomic E-state index is 0.151. The number of para-hydroxylation sites is 1. The molecule has 0 amide bonds. The van der Waals surface area contributed by atoms with Crippen molar-refractivity contribution < 1.29 is 14.9 Å². The van der Waals surface area contributed by atoms with Crippen LogP contribution in [0.5, 0.6) is 11.5 Å². The van der Waals surface area contributed by atoms with Crippen molar-refractivity contribution in [3.63, 3.8) is 0 Å². The monoisotopic (exact) mass is 211 g/mol. The van der Waals surface area contributed by atoms with Gasteiger partial charge in [0.2, 0.25) is 0 Å². The van der Waals surface area contributed by atoms with E-state index in [2.05, 4.69) is 5.32 Å². The highest BCUT2D eigenvalue weighted by molar-refractivity contribution is 5.45. The molecule has 3 N–H and O–H groups in total. The summed E-state index contributed by atoms with van der Waals surface area (Å²) < 4.78 is 4.99. The van der Waals surface area contributed by atoms with Gasteiger partial charge < -0.3 is 20.3 Å². The van der Waals surface area contributed by atoms with Crippen molar-refractivity contribution in [1.29, 1.82) is 0 Å². The van der Waals surface area contributed by atoms with Crippen LogP contribution in [0.2, 0.25) is 0 Å². The van der Waals surface area contributed by atoms with Crippen LogP contribution < -0.4 is 10.1 Å². The molecule has 0 heterocycles. The summed E-state index contributed by atoms with van der Waals surface area (Å²) in [6, 6.07) is 5.33. The van der Waals surface area contributed by atoms with E-state index in [9.17, 15) is 5.11 Å².